The van der Waals surface area contributed by atoms with Crippen LogP contribution >= 0.6 is 0 Å². The minimum atomic E-state index is -0.383. The monoisotopic (exact) mass is 317 g/mol. The van der Waals surface area contributed by atoms with Crippen LogP contribution in [0, 0.1) is 18.3 Å². The summed E-state index contributed by atoms with van der Waals surface area (Å²) >= 11 is 0. The molecule has 0 aliphatic carbocycles. The highest BCUT2D eigenvalue weighted by molar-refractivity contribution is 5.57. The maximum Gasteiger partial charge on any atom is 0.368 e. The molecule has 0 atom stereocenters. The Morgan fingerprint density at radius 2 is 1.83 bits per heavy atom. The normalized spacial score (nSPS) is 11.2. The SMILES string of the molecule is Cc1ccc(/C=C(\C#N)Cn2nnn(-c3ccccc3)c2=O)cc1. The molecule has 0 amide bonds. The maximum atomic E-state index is 12.4. The van der Waals surface area contributed by atoms with Gasteiger partial charge in [0.05, 0.1) is 23.9 Å². The molecule has 0 bridgehead atoms. The fraction of sp³-hybridized carbons (Fsp3) is 0.111. The van der Waals surface area contributed by atoms with E-state index in [4.69, 9.17) is 0 Å². The number of tetrazole rings is 1. The molecule has 3 aromatic rings. The molecule has 118 valence electrons. The molecule has 0 aliphatic rings. The molecule has 0 spiro atoms. The van der Waals surface area contributed by atoms with E-state index in [0.717, 1.165) is 11.1 Å². The Morgan fingerprint density at radius 3 is 2.50 bits per heavy atom. The molecule has 1 heterocycles. The van der Waals surface area contributed by atoms with Gasteiger partial charge >= 0.3 is 5.69 Å². The summed E-state index contributed by atoms with van der Waals surface area (Å²) in [6.07, 6.45) is 1.74. The maximum absolute atomic E-state index is 12.4. The Bertz CT molecular complexity index is 959. The van der Waals surface area contributed by atoms with Gasteiger partial charge in [0, 0.05) is 0 Å². The molecule has 1 aromatic heterocycles. The lowest BCUT2D eigenvalue weighted by atomic mass is 10.1. The lowest BCUT2D eigenvalue weighted by Crippen LogP contribution is -2.24. The minimum Gasteiger partial charge on any atom is -0.244 e. The molecule has 2 aromatic carbocycles. The summed E-state index contributed by atoms with van der Waals surface area (Å²) in [6.45, 7) is 2.08. The van der Waals surface area contributed by atoms with Crippen LogP contribution in [0.3, 0.4) is 0 Å². The highest BCUT2D eigenvalue weighted by Crippen LogP contribution is 2.09. The number of benzene rings is 2. The number of hydrogen-bond donors (Lipinski definition) is 0. The van der Waals surface area contributed by atoms with E-state index in [1.165, 1.54) is 9.36 Å². The van der Waals surface area contributed by atoms with Gasteiger partial charge in [0.1, 0.15) is 0 Å². The molecule has 0 aliphatic heterocycles. The van der Waals surface area contributed by atoms with Crippen LogP contribution in [0.2, 0.25) is 0 Å². The van der Waals surface area contributed by atoms with Gasteiger partial charge in [-0.05, 0) is 41.1 Å². The molecule has 6 heteroatoms. The molecule has 0 saturated carbocycles. The van der Waals surface area contributed by atoms with Gasteiger partial charge in [0.25, 0.3) is 0 Å². The molecular weight excluding hydrogens is 302 g/mol. The summed E-state index contributed by atoms with van der Waals surface area (Å²) in [5.74, 6) is 0. The Balaban J connectivity index is 1.88. The van der Waals surface area contributed by atoms with Crippen LogP contribution in [-0.4, -0.2) is 19.8 Å². The number of rotatable bonds is 4. The Morgan fingerprint density at radius 1 is 1.12 bits per heavy atom. The molecule has 0 fully saturated rings. The lowest BCUT2D eigenvalue weighted by molar-refractivity contribution is 0.634. The number of para-hydroxylation sites is 1. The van der Waals surface area contributed by atoms with Crippen molar-refractivity contribution in [2.75, 3.05) is 0 Å². The third kappa shape index (κ3) is 3.31. The predicted octanol–water partition coefficient (Wildman–Crippen LogP) is 2.34. The van der Waals surface area contributed by atoms with Gasteiger partial charge in [-0.3, -0.25) is 0 Å². The average molecular weight is 317 g/mol. The van der Waals surface area contributed by atoms with Gasteiger partial charge < -0.3 is 0 Å². The number of nitrogens with zero attached hydrogens (tertiary/aromatic N) is 5. The average Bonchev–Trinajstić information content (AvgIpc) is 2.97. The van der Waals surface area contributed by atoms with Crippen LogP contribution in [-0.2, 0) is 6.54 Å². The van der Waals surface area contributed by atoms with E-state index in [9.17, 15) is 10.1 Å². The second-order valence-electron chi connectivity index (χ2n) is 5.36. The Labute approximate surface area is 138 Å². The first kappa shape index (κ1) is 15.4. The van der Waals surface area contributed by atoms with E-state index in [-0.39, 0.29) is 12.2 Å². The van der Waals surface area contributed by atoms with Gasteiger partial charge in [-0.2, -0.15) is 14.6 Å². The third-order valence-corrected chi connectivity index (χ3v) is 3.52. The van der Waals surface area contributed by atoms with E-state index in [1.807, 2.05) is 49.4 Å². The van der Waals surface area contributed by atoms with Crippen LogP contribution in [0.5, 0.6) is 0 Å². The van der Waals surface area contributed by atoms with E-state index >= 15 is 0 Å². The van der Waals surface area contributed by atoms with Crippen molar-refractivity contribution in [2.45, 2.75) is 13.5 Å². The van der Waals surface area contributed by atoms with E-state index < -0.39 is 0 Å². The minimum absolute atomic E-state index is 0.0794. The number of allylic oxidation sites excluding steroid dienone is 1. The fourth-order valence-electron chi connectivity index (χ4n) is 2.24. The molecule has 0 saturated heterocycles. The molecule has 0 N–H and O–H groups in total. The fourth-order valence-corrected chi connectivity index (χ4v) is 2.24. The quantitative estimate of drug-likeness (QED) is 0.692. The summed E-state index contributed by atoms with van der Waals surface area (Å²) < 4.78 is 2.39. The molecule has 24 heavy (non-hydrogen) atoms. The number of aromatic nitrogens is 4. The number of aryl methyl sites for hydroxylation is 1. The van der Waals surface area contributed by atoms with Crippen molar-refractivity contribution in [1.29, 1.82) is 5.26 Å². The molecule has 0 unspecified atom stereocenters. The second kappa shape index (κ2) is 6.75. The van der Waals surface area contributed by atoms with Crippen molar-refractivity contribution < 1.29 is 0 Å². The van der Waals surface area contributed by atoms with Crippen molar-refractivity contribution in [3.05, 3.63) is 81.8 Å². The molecule has 6 nitrogen and oxygen atoms in total. The van der Waals surface area contributed by atoms with Crippen LogP contribution in [0.1, 0.15) is 11.1 Å². The first-order chi connectivity index (χ1) is 11.7. The highest BCUT2D eigenvalue weighted by Gasteiger charge is 2.10. The lowest BCUT2D eigenvalue weighted by Gasteiger charge is -1.99. The standard InChI is InChI=1S/C18H15N5O/c1-14-7-9-15(10-8-14)11-16(12-19)13-22-18(24)23(21-20-22)17-5-3-2-4-6-17/h2-11H,13H2,1H3/b16-11+. The van der Waals surface area contributed by atoms with Crippen molar-refractivity contribution in [3.63, 3.8) is 0 Å². The van der Waals surface area contributed by atoms with E-state index in [1.54, 1.807) is 18.2 Å². The van der Waals surface area contributed by atoms with Gasteiger partial charge in [-0.15, -0.1) is 0 Å². The van der Waals surface area contributed by atoms with Crippen LogP contribution < -0.4 is 5.69 Å². The van der Waals surface area contributed by atoms with Crippen LogP contribution in [0.25, 0.3) is 11.8 Å². The number of hydrogen-bond acceptors (Lipinski definition) is 4. The van der Waals surface area contributed by atoms with Crippen molar-refractivity contribution in [3.8, 4) is 11.8 Å². The molecular formula is C18H15N5O. The smallest absolute Gasteiger partial charge is 0.244 e. The Hall–Kier alpha value is -3.46. The summed E-state index contributed by atoms with van der Waals surface area (Å²) in [4.78, 5) is 12.4. The zero-order chi connectivity index (χ0) is 16.9. The zero-order valence-electron chi connectivity index (χ0n) is 13.1. The first-order valence-electron chi connectivity index (χ1n) is 7.43. The van der Waals surface area contributed by atoms with Crippen molar-refractivity contribution >= 4 is 6.08 Å². The summed E-state index contributed by atoms with van der Waals surface area (Å²) in [5, 5.41) is 17.1. The van der Waals surface area contributed by atoms with Gasteiger partial charge in [-0.25, -0.2) is 4.79 Å². The number of nitriles is 1. The van der Waals surface area contributed by atoms with Crippen molar-refractivity contribution in [2.24, 2.45) is 0 Å². The largest absolute Gasteiger partial charge is 0.368 e. The predicted molar refractivity (Wildman–Crippen MR) is 90.4 cm³/mol. The molecule has 0 radical (unpaired) electrons. The van der Waals surface area contributed by atoms with Gasteiger partial charge in [0.2, 0.25) is 0 Å². The highest BCUT2D eigenvalue weighted by atomic mass is 16.2. The third-order valence-electron chi connectivity index (χ3n) is 3.52. The van der Waals surface area contributed by atoms with Crippen LogP contribution in [0.15, 0.2) is 65.0 Å². The Kier molecular flexibility index (Phi) is 4.34. The van der Waals surface area contributed by atoms with Gasteiger partial charge in [0.15, 0.2) is 0 Å². The summed E-state index contributed by atoms with van der Waals surface area (Å²) in [7, 11) is 0. The zero-order valence-corrected chi connectivity index (χ0v) is 13.1. The topological polar surface area (TPSA) is 76.5 Å². The summed E-state index contributed by atoms with van der Waals surface area (Å²) in [5.41, 5.74) is 2.73. The summed E-state index contributed by atoms with van der Waals surface area (Å²) in [6, 6.07) is 18.9. The second-order valence-corrected chi connectivity index (χ2v) is 5.36. The first-order valence-corrected chi connectivity index (χ1v) is 7.43. The molecule has 3 rings (SSSR count). The van der Waals surface area contributed by atoms with Crippen molar-refractivity contribution in [1.82, 2.24) is 19.8 Å². The van der Waals surface area contributed by atoms with E-state index in [0.29, 0.717) is 11.3 Å². The van der Waals surface area contributed by atoms with Crippen LogP contribution in [0.4, 0.5) is 0 Å². The van der Waals surface area contributed by atoms with Gasteiger partial charge in [-0.1, -0.05) is 48.0 Å². The van der Waals surface area contributed by atoms with E-state index in [2.05, 4.69) is 16.5 Å².